The van der Waals surface area contributed by atoms with Gasteiger partial charge in [-0.2, -0.15) is 0 Å². The molecule has 1 aromatic rings. The van der Waals surface area contributed by atoms with Crippen molar-refractivity contribution in [2.24, 2.45) is 5.41 Å². The number of hydrogen-bond acceptors (Lipinski definition) is 2. The molecule has 0 aliphatic carbocycles. The summed E-state index contributed by atoms with van der Waals surface area (Å²) in [5.41, 5.74) is 1.32. The molecule has 1 aromatic heterocycles. The van der Waals surface area contributed by atoms with Crippen LogP contribution in [0.4, 0.5) is 0 Å². The normalized spacial score (nSPS) is 12.0. The van der Waals surface area contributed by atoms with Crippen LogP contribution in [0.1, 0.15) is 32.2 Å². The second kappa shape index (κ2) is 3.60. The largest absolute Gasteiger partial charge is 0.360 e. The van der Waals surface area contributed by atoms with Crippen LogP contribution in [-0.2, 0) is 11.8 Å². The van der Waals surface area contributed by atoms with Crippen molar-refractivity contribution in [2.45, 2.75) is 32.5 Å². The predicted octanol–water partition coefficient (Wildman–Crippen LogP) is 3.16. The fraction of sp³-hybridized carbons (Fsp3) is 0.667. The fourth-order valence-electron chi connectivity index (χ4n) is 1.05. The minimum atomic E-state index is 0.278. The molecule has 0 aromatic carbocycles. The van der Waals surface area contributed by atoms with Gasteiger partial charge in [0.25, 0.3) is 0 Å². The van der Waals surface area contributed by atoms with E-state index in [0.29, 0.717) is 0 Å². The lowest BCUT2D eigenvalue weighted by Crippen LogP contribution is -2.09. The topological polar surface area (TPSA) is 26.0 Å². The van der Waals surface area contributed by atoms with E-state index in [4.69, 9.17) is 4.52 Å². The van der Waals surface area contributed by atoms with Crippen molar-refractivity contribution in [2.75, 3.05) is 0 Å². The summed E-state index contributed by atoms with van der Waals surface area (Å²) in [4.78, 5) is 0. The lowest BCUT2D eigenvalue weighted by Gasteiger charge is -2.14. The Balaban J connectivity index is 2.64. The maximum atomic E-state index is 5.06. The highest BCUT2D eigenvalue weighted by atomic mass is 79.9. The summed E-state index contributed by atoms with van der Waals surface area (Å²) in [5.74, 6) is 0.897. The van der Waals surface area contributed by atoms with Gasteiger partial charge in [-0.3, -0.25) is 0 Å². The maximum Gasteiger partial charge on any atom is 0.147 e. The van der Waals surface area contributed by atoms with Crippen LogP contribution in [0.25, 0.3) is 0 Å². The summed E-state index contributed by atoms with van der Waals surface area (Å²) in [7, 11) is 0. The van der Waals surface area contributed by atoms with Crippen LogP contribution in [0.5, 0.6) is 0 Å². The number of alkyl halides is 1. The number of nitrogens with zero attached hydrogens (tertiary/aromatic N) is 1. The van der Waals surface area contributed by atoms with Crippen LogP contribution in [-0.4, -0.2) is 5.16 Å². The monoisotopic (exact) mass is 231 g/mol. The smallest absolute Gasteiger partial charge is 0.147 e. The summed E-state index contributed by atoms with van der Waals surface area (Å²) in [6, 6.07) is 2.00. The minimum absolute atomic E-state index is 0.278. The number of rotatable bonds is 2. The molecule has 12 heavy (non-hydrogen) atoms. The van der Waals surface area contributed by atoms with Crippen molar-refractivity contribution in [3.63, 3.8) is 0 Å². The first kappa shape index (κ1) is 9.78. The van der Waals surface area contributed by atoms with E-state index in [0.717, 1.165) is 23.2 Å². The van der Waals surface area contributed by atoms with Crippen molar-refractivity contribution in [1.29, 1.82) is 0 Å². The van der Waals surface area contributed by atoms with Crippen molar-refractivity contribution in [3.05, 3.63) is 17.5 Å². The molecule has 1 rings (SSSR count). The third-order valence-electron chi connectivity index (χ3n) is 1.45. The van der Waals surface area contributed by atoms with E-state index in [1.807, 2.05) is 6.07 Å². The zero-order valence-electron chi connectivity index (χ0n) is 7.72. The zero-order chi connectivity index (χ0) is 9.19. The Morgan fingerprint density at radius 2 is 2.17 bits per heavy atom. The molecule has 0 amide bonds. The average Bonchev–Trinajstić information content (AvgIpc) is 2.32. The van der Waals surface area contributed by atoms with E-state index in [9.17, 15) is 0 Å². The standard InChI is InChI=1S/C9H14BrNO/c1-9(2,3)5-7-4-8(6-10)12-11-7/h4H,5-6H2,1-3H3. The summed E-state index contributed by atoms with van der Waals surface area (Å²) in [6.07, 6.45) is 0.962. The molecule has 0 saturated heterocycles. The molecule has 68 valence electrons. The third-order valence-corrected chi connectivity index (χ3v) is 2.00. The van der Waals surface area contributed by atoms with Gasteiger partial charge in [-0.15, -0.1) is 0 Å². The van der Waals surface area contributed by atoms with Gasteiger partial charge in [-0.1, -0.05) is 41.9 Å². The summed E-state index contributed by atoms with van der Waals surface area (Å²) < 4.78 is 5.06. The van der Waals surface area contributed by atoms with Crippen molar-refractivity contribution >= 4 is 15.9 Å². The van der Waals surface area contributed by atoms with Gasteiger partial charge in [0.1, 0.15) is 5.76 Å². The highest BCUT2D eigenvalue weighted by Gasteiger charge is 2.14. The van der Waals surface area contributed by atoms with Gasteiger partial charge in [0.15, 0.2) is 0 Å². The molecule has 0 aliphatic rings. The summed E-state index contributed by atoms with van der Waals surface area (Å²) in [5, 5.41) is 4.71. The number of hydrogen-bond donors (Lipinski definition) is 0. The molecule has 2 nitrogen and oxygen atoms in total. The van der Waals surface area contributed by atoms with Crippen LogP contribution < -0.4 is 0 Å². The maximum absolute atomic E-state index is 5.06. The van der Waals surface area contributed by atoms with Crippen LogP contribution in [0, 0.1) is 5.41 Å². The van der Waals surface area contributed by atoms with Gasteiger partial charge >= 0.3 is 0 Å². The Bertz CT molecular complexity index is 249. The van der Waals surface area contributed by atoms with E-state index < -0.39 is 0 Å². The SMILES string of the molecule is CC(C)(C)Cc1cc(CBr)on1. The average molecular weight is 232 g/mol. The van der Waals surface area contributed by atoms with Gasteiger partial charge in [0, 0.05) is 6.07 Å². The van der Waals surface area contributed by atoms with E-state index in [-0.39, 0.29) is 5.41 Å². The molecule has 0 aliphatic heterocycles. The Hall–Kier alpha value is -0.310. The second-order valence-corrected chi connectivity index (χ2v) is 4.72. The van der Waals surface area contributed by atoms with Gasteiger partial charge < -0.3 is 4.52 Å². The third kappa shape index (κ3) is 2.97. The van der Waals surface area contributed by atoms with Crippen LogP contribution >= 0.6 is 15.9 Å². The van der Waals surface area contributed by atoms with Crippen LogP contribution in [0.3, 0.4) is 0 Å². The van der Waals surface area contributed by atoms with Crippen molar-refractivity contribution < 1.29 is 4.52 Å². The molecule has 0 atom stereocenters. The van der Waals surface area contributed by atoms with Crippen molar-refractivity contribution in [1.82, 2.24) is 5.16 Å². The van der Waals surface area contributed by atoms with Gasteiger partial charge in [-0.05, 0) is 11.8 Å². The Morgan fingerprint density at radius 3 is 2.58 bits per heavy atom. The molecule has 3 heteroatoms. The zero-order valence-corrected chi connectivity index (χ0v) is 9.31. The predicted molar refractivity (Wildman–Crippen MR) is 52.3 cm³/mol. The number of halogens is 1. The summed E-state index contributed by atoms with van der Waals surface area (Å²) in [6.45, 7) is 6.57. The molecule has 0 saturated carbocycles. The molecular formula is C9H14BrNO. The highest BCUT2D eigenvalue weighted by molar-refractivity contribution is 9.08. The minimum Gasteiger partial charge on any atom is -0.360 e. The van der Waals surface area contributed by atoms with Crippen molar-refractivity contribution in [3.8, 4) is 0 Å². The second-order valence-electron chi connectivity index (χ2n) is 4.16. The lowest BCUT2D eigenvalue weighted by molar-refractivity contribution is 0.361. The highest BCUT2D eigenvalue weighted by Crippen LogP contribution is 2.20. The van der Waals surface area contributed by atoms with Crippen LogP contribution in [0.2, 0.25) is 0 Å². The Kier molecular flexibility index (Phi) is 2.94. The van der Waals surface area contributed by atoms with E-state index in [1.165, 1.54) is 0 Å². The fourth-order valence-corrected chi connectivity index (χ4v) is 1.31. The molecule has 0 unspecified atom stereocenters. The summed E-state index contributed by atoms with van der Waals surface area (Å²) >= 11 is 3.32. The van der Waals surface area contributed by atoms with Gasteiger partial charge in [0.2, 0.25) is 0 Å². The quantitative estimate of drug-likeness (QED) is 0.732. The molecule has 0 spiro atoms. The molecular weight excluding hydrogens is 218 g/mol. The molecule has 0 radical (unpaired) electrons. The van der Waals surface area contributed by atoms with Gasteiger partial charge in [-0.25, -0.2) is 0 Å². The first-order valence-electron chi connectivity index (χ1n) is 4.02. The van der Waals surface area contributed by atoms with E-state index in [1.54, 1.807) is 0 Å². The lowest BCUT2D eigenvalue weighted by atomic mass is 9.91. The molecule has 0 bridgehead atoms. The number of aromatic nitrogens is 1. The first-order valence-corrected chi connectivity index (χ1v) is 5.14. The molecule has 1 heterocycles. The molecule has 0 N–H and O–H groups in total. The Morgan fingerprint density at radius 1 is 1.50 bits per heavy atom. The molecule has 0 fully saturated rings. The van der Waals surface area contributed by atoms with Gasteiger partial charge in [0.05, 0.1) is 11.0 Å². The Labute approximate surface area is 81.5 Å². The first-order chi connectivity index (χ1) is 5.51. The van der Waals surface area contributed by atoms with E-state index >= 15 is 0 Å². The van der Waals surface area contributed by atoms with E-state index in [2.05, 4.69) is 41.9 Å². The van der Waals surface area contributed by atoms with Crippen LogP contribution in [0.15, 0.2) is 10.6 Å².